The van der Waals surface area contributed by atoms with Crippen LogP contribution in [0.4, 0.5) is 21.0 Å². The maximum absolute atomic E-state index is 13.8. The zero-order chi connectivity index (χ0) is 40.6. The average molecular weight is 757 g/mol. The van der Waals surface area contributed by atoms with Crippen LogP contribution in [0, 0.1) is 25.7 Å². The summed E-state index contributed by atoms with van der Waals surface area (Å²) < 4.78 is 10.6. The molecule has 0 saturated heterocycles. The van der Waals surface area contributed by atoms with Crippen LogP contribution in [0.5, 0.6) is 11.5 Å². The molecule has 0 atom stereocenters. The lowest BCUT2D eigenvalue weighted by Gasteiger charge is -2.29. The summed E-state index contributed by atoms with van der Waals surface area (Å²) in [5.41, 5.74) is 2.12. The Morgan fingerprint density at radius 3 is 1.23 bits per heavy atom. The summed E-state index contributed by atoms with van der Waals surface area (Å²) in [6, 6.07) is 20.2. The summed E-state index contributed by atoms with van der Waals surface area (Å²) in [4.78, 5) is 53.1. The Bertz CT molecular complexity index is 2270. The van der Waals surface area contributed by atoms with Gasteiger partial charge in [0.05, 0.1) is 11.1 Å². The number of aliphatic hydroxyl groups excluding tert-OH is 2. The van der Waals surface area contributed by atoms with Crippen molar-refractivity contribution in [3.63, 3.8) is 0 Å². The zero-order valence-electron chi connectivity index (χ0n) is 31.5. The Hall–Kier alpha value is -7.08. The number of anilines is 2. The maximum atomic E-state index is 13.8. The first-order chi connectivity index (χ1) is 26.6. The average Bonchev–Trinajstić information content (AvgIpc) is 3.14. The largest absolute Gasteiger partial charge is 0.507 e. The van der Waals surface area contributed by atoms with Gasteiger partial charge in [0.2, 0.25) is 11.6 Å². The van der Waals surface area contributed by atoms with Crippen molar-refractivity contribution in [1.29, 1.82) is 0 Å². The molecule has 4 aromatic rings. The number of ether oxygens (including phenoxy) is 2. The molecule has 12 heteroatoms. The molecule has 0 aromatic heterocycles. The number of phenols is 2. The molecule has 0 spiro atoms. The number of allylic oxidation sites excluding steroid dienone is 4. The van der Waals surface area contributed by atoms with Crippen molar-refractivity contribution in [2.24, 2.45) is 11.8 Å². The molecular weight excluding hydrogens is 716 g/mol. The predicted molar refractivity (Wildman–Crippen MR) is 213 cm³/mol. The second-order valence-corrected chi connectivity index (χ2v) is 14.0. The lowest BCUT2D eigenvalue weighted by atomic mass is 9.75. The fraction of sp³-hybridized carbons (Fsp3) is 0.182. The molecule has 0 radical (unpaired) electrons. The van der Waals surface area contributed by atoms with Crippen molar-refractivity contribution < 1.29 is 49.1 Å². The standard InChI is InChI=1S/C44H40N2O10/c1-21(2)31-27-17-23(5)33(39(49)35(27)29(37(47)41(31)51)19-55-43(53)45-25-13-9-7-10-14-25)34-24(6)18-28-32(22(3)4)42(52)38(48)30(36(28)40(34)50)20-56-44(54)46-26-15-11-8-12-16-26/h7-22,49-52H,1-6H3,(H,45,53)(H,46,54)/b29-19-,30-20-. The number of para-hydroxylation sites is 2. The Morgan fingerprint density at radius 1 is 0.571 bits per heavy atom. The van der Waals surface area contributed by atoms with E-state index in [1.807, 2.05) is 0 Å². The minimum Gasteiger partial charge on any atom is -0.507 e. The van der Waals surface area contributed by atoms with Gasteiger partial charge in [-0.3, -0.25) is 20.2 Å². The van der Waals surface area contributed by atoms with E-state index in [4.69, 9.17) is 9.47 Å². The lowest BCUT2D eigenvalue weighted by Crippen LogP contribution is -2.20. The molecule has 12 nitrogen and oxygen atoms in total. The van der Waals surface area contributed by atoms with Crippen LogP contribution in [-0.4, -0.2) is 44.2 Å². The van der Waals surface area contributed by atoms with Gasteiger partial charge in [-0.25, -0.2) is 9.59 Å². The van der Waals surface area contributed by atoms with E-state index in [-0.39, 0.29) is 44.5 Å². The Balaban J connectivity index is 1.54. The summed E-state index contributed by atoms with van der Waals surface area (Å²) in [6.07, 6.45) is -0.171. The van der Waals surface area contributed by atoms with Gasteiger partial charge in [0.1, 0.15) is 24.0 Å². The van der Waals surface area contributed by atoms with Gasteiger partial charge in [0.15, 0.2) is 11.5 Å². The first kappa shape index (κ1) is 38.6. The number of aromatic hydroxyl groups is 2. The second kappa shape index (κ2) is 15.3. The molecule has 2 aliphatic carbocycles. The van der Waals surface area contributed by atoms with E-state index in [0.29, 0.717) is 33.6 Å². The normalized spacial score (nSPS) is 15.4. The summed E-state index contributed by atoms with van der Waals surface area (Å²) in [5, 5.41) is 51.8. The number of aryl methyl sites for hydroxylation is 2. The molecule has 286 valence electrons. The Labute approximate surface area is 322 Å². The summed E-state index contributed by atoms with van der Waals surface area (Å²) in [6.45, 7) is 10.4. The number of Topliss-reactive ketones (excluding diaryl/α,β-unsaturated/α-hetero) is 2. The molecule has 2 amide bonds. The lowest BCUT2D eigenvalue weighted by molar-refractivity contribution is -0.113. The molecule has 0 unspecified atom stereocenters. The van der Waals surface area contributed by atoms with Gasteiger partial charge in [0, 0.05) is 44.8 Å². The van der Waals surface area contributed by atoms with E-state index in [2.05, 4.69) is 10.6 Å². The van der Waals surface area contributed by atoms with Crippen LogP contribution < -0.4 is 10.6 Å². The predicted octanol–water partition coefficient (Wildman–Crippen LogP) is 9.58. The Morgan fingerprint density at radius 2 is 0.911 bits per heavy atom. The molecule has 4 aromatic carbocycles. The maximum Gasteiger partial charge on any atom is 0.416 e. The third-order valence-electron chi connectivity index (χ3n) is 9.56. The number of phenolic OH excluding ortho intramolecular Hbond substituents is 2. The number of rotatable bonds is 7. The van der Waals surface area contributed by atoms with Gasteiger partial charge in [-0.2, -0.15) is 0 Å². The third-order valence-corrected chi connectivity index (χ3v) is 9.56. The minimum atomic E-state index is -0.938. The van der Waals surface area contributed by atoms with Crippen molar-refractivity contribution in [2.75, 3.05) is 10.6 Å². The van der Waals surface area contributed by atoms with Gasteiger partial charge in [0.25, 0.3) is 0 Å². The molecular formula is C44H40N2O10. The number of hydrogen-bond acceptors (Lipinski definition) is 10. The topological polar surface area (TPSA) is 192 Å². The minimum absolute atomic E-state index is 0.0608. The van der Waals surface area contributed by atoms with Crippen LogP contribution in [0.1, 0.15) is 61.1 Å². The highest BCUT2D eigenvalue weighted by Gasteiger charge is 2.39. The van der Waals surface area contributed by atoms with E-state index >= 15 is 0 Å². The molecule has 0 bridgehead atoms. The SMILES string of the molecule is Cc1cc2c(c(O)c1-c1c(C)cc3c(c1O)/C(=C/OC(=O)Nc1ccccc1)C(=O)C(O)=C3C(C)C)/C(=C/OC(=O)Nc1ccccc1)C(=O)C(O)=C2C(C)C. The first-order valence-corrected chi connectivity index (χ1v) is 17.8. The van der Waals surface area contributed by atoms with Gasteiger partial charge in [-0.1, -0.05) is 76.2 Å². The highest BCUT2D eigenvalue weighted by Crippen LogP contribution is 2.53. The van der Waals surface area contributed by atoms with E-state index in [9.17, 15) is 39.6 Å². The van der Waals surface area contributed by atoms with Gasteiger partial charge >= 0.3 is 12.2 Å². The van der Waals surface area contributed by atoms with Crippen molar-refractivity contribution in [3.8, 4) is 22.6 Å². The fourth-order valence-corrected chi connectivity index (χ4v) is 7.14. The van der Waals surface area contributed by atoms with Crippen molar-refractivity contribution in [1.82, 2.24) is 0 Å². The number of aliphatic hydroxyl groups is 2. The van der Waals surface area contributed by atoms with Gasteiger partial charge < -0.3 is 29.9 Å². The number of fused-ring (bicyclic) bond motifs is 2. The number of carbonyl (C=O) groups is 4. The second-order valence-electron chi connectivity index (χ2n) is 14.0. The van der Waals surface area contributed by atoms with Crippen LogP contribution in [0.25, 0.3) is 33.4 Å². The quantitative estimate of drug-likeness (QED) is 0.0782. The van der Waals surface area contributed by atoms with Crippen LogP contribution >= 0.6 is 0 Å². The zero-order valence-corrected chi connectivity index (χ0v) is 31.5. The molecule has 6 N–H and O–H groups in total. The third kappa shape index (κ3) is 7.00. The molecule has 0 heterocycles. The number of ketones is 2. The van der Waals surface area contributed by atoms with Gasteiger partial charge in [-0.15, -0.1) is 0 Å². The smallest absolute Gasteiger partial charge is 0.416 e. The summed E-state index contributed by atoms with van der Waals surface area (Å²) in [5.74, 6) is -4.73. The first-order valence-electron chi connectivity index (χ1n) is 17.8. The molecule has 0 aliphatic heterocycles. The van der Waals surface area contributed by atoms with Crippen LogP contribution in [-0.2, 0) is 19.1 Å². The molecule has 6 rings (SSSR count). The summed E-state index contributed by atoms with van der Waals surface area (Å²) >= 11 is 0. The molecule has 0 fully saturated rings. The van der Waals surface area contributed by atoms with Crippen molar-refractivity contribution in [2.45, 2.75) is 41.5 Å². The fourth-order valence-electron chi connectivity index (χ4n) is 7.14. The molecule has 0 saturated carbocycles. The number of amides is 2. The van der Waals surface area contributed by atoms with E-state index in [0.717, 1.165) is 12.5 Å². The van der Waals surface area contributed by atoms with Crippen LogP contribution in [0.3, 0.4) is 0 Å². The van der Waals surface area contributed by atoms with Crippen LogP contribution in [0.15, 0.2) is 96.8 Å². The van der Waals surface area contributed by atoms with E-state index in [1.165, 1.54) is 0 Å². The summed E-state index contributed by atoms with van der Waals surface area (Å²) in [7, 11) is 0. The highest BCUT2D eigenvalue weighted by molar-refractivity contribution is 6.35. The van der Waals surface area contributed by atoms with Crippen LogP contribution in [0.2, 0.25) is 0 Å². The number of hydrogen-bond donors (Lipinski definition) is 6. The highest BCUT2D eigenvalue weighted by atomic mass is 16.5. The molecule has 2 aliphatic rings. The monoisotopic (exact) mass is 756 g/mol. The van der Waals surface area contributed by atoms with E-state index in [1.54, 1.807) is 114 Å². The number of carbonyl (C=O) groups excluding carboxylic acids is 4. The number of benzene rings is 4. The molecule has 56 heavy (non-hydrogen) atoms. The Kier molecular flexibility index (Phi) is 10.6. The number of nitrogens with one attached hydrogen (secondary N) is 2. The van der Waals surface area contributed by atoms with Crippen molar-refractivity contribution in [3.05, 3.63) is 130 Å². The van der Waals surface area contributed by atoms with Gasteiger partial charge in [-0.05, 0) is 72.2 Å². The van der Waals surface area contributed by atoms with E-state index < -0.39 is 58.6 Å². The van der Waals surface area contributed by atoms with Crippen molar-refractivity contribution >= 4 is 57.4 Å².